The van der Waals surface area contributed by atoms with Gasteiger partial charge in [0.1, 0.15) is 0 Å². The summed E-state index contributed by atoms with van der Waals surface area (Å²) in [5.41, 5.74) is 0. The van der Waals surface area contributed by atoms with E-state index in [1.54, 1.807) is 0 Å². The highest BCUT2D eigenvalue weighted by Crippen LogP contribution is 1.93. The van der Waals surface area contributed by atoms with Crippen LogP contribution in [-0.4, -0.2) is 11.4 Å². The van der Waals surface area contributed by atoms with E-state index in [0.29, 0.717) is 0 Å². The predicted molar refractivity (Wildman–Crippen MR) is 34.1 cm³/mol. The molecule has 8 heavy (non-hydrogen) atoms. The lowest BCUT2D eigenvalue weighted by molar-refractivity contribution is 0.320. The molecule has 0 aliphatic rings. The molecule has 0 atom stereocenters. The van der Waals surface area contributed by atoms with Gasteiger partial charge in [-0.3, -0.25) is 0 Å². The Labute approximate surface area is 50.2 Å². The highest BCUT2D eigenvalue weighted by atomic mass is 16.4. The highest BCUT2D eigenvalue weighted by molar-refractivity contribution is 5.57. The van der Waals surface area contributed by atoms with Gasteiger partial charge in [-0.25, -0.2) is 0 Å². The van der Waals surface area contributed by atoms with Crippen LogP contribution in [0, 0.1) is 6.42 Å². The Morgan fingerprint density at radius 3 is 2.88 bits per heavy atom. The zero-order valence-corrected chi connectivity index (χ0v) is 5.17. The minimum Gasteiger partial charge on any atom is -0.411 e. The SMILES string of the molecule is CCC[CH]C/C=N\O. The van der Waals surface area contributed by atoms with Crippen LogP contribution >= 0.6 is 0 Å². The summed E-state index contributed by atoms with van der Waals surface area (Å²) in [5, 5.41) is 10.8. The van der Waals surface area contributed by atoms with Crippen molar-refractivity contribution in [1.29, 1.82) is 0 Å². The van der Waals surface area contributed by atoms with Crippen LogP contribution in [0.3, 0.4) is 0 Å². The molecule has 1 N–H and O–H groups in total. The Balaban J connectivity index is 2.72. The Bertz CT molecular complexity index is 61.5. The lowest BCUT2D eigenvalue weighted by Gasteiger charge is -1.87. The van der Waals surface area contributed by atoms with Gasteiger partial charge in [0.2, 0.25) is 0 Å². The Morgan fingerprint density at radius 2 is 2.38 bits per heavy atom. The van der Waals surface area contributed by atoms with Crippen molar-refractivity contribution < 1.29 is 5.21 Å². The van der Waals surface area contributed by atoms with E-state index in [0.717, 1.165) is 12.8 Å². The molecule has 0 bridgehead atoms. The second-order valence-electron chi connectivity index (χ2n) is 1.61. The van der Waals surface area contributed by atoms with E-state index < -0.39 is 0 Å². The molecule has 0 saturated heterocycles. The molecular formula is C6H12NO. The summed E-state index contributed by atoms with van der Waals surface area (Å²) in [6.45, 7) is 2.12. The van der Waals surface area contributed by atoms with Gasteiger partial charge in [-0.2, -0.15) is 0 Å². The van der Waals surface area contributed by atoms with E-state index in [2.05, 4.69) is 18.5 Å². The van der Waals surface area contributed by atoms with E-state index in [1.807, 2.05) is 0 Å². The van der Waals surface area contributed by atoms with Crippen LogP contribution in [0.15, 0.2) is 5.16 Å². The van der Waals surface area contributed by atoms with Crippen molar-refractivity contribution in [3.8, 4) is 0 Å². The third-order valence-electron chi connectivity index (χ3n) is 0.847. The topological polar surface area (TPSA) is 32.6 Å². The minimum atomic E-state index is 0.782. The molecule has 0 aromatic carbocycles. The molecule has 0 aliphatic heterocycles. The van der Waals surface area contributed by atoms with Gasteiger partial charge in [-0.05, 0) is 12.8 Å². The van der Waals surface area contributed by atoms with Crippen molar-refractivity contribution in [3.05, 3.63) is 6.42 Å². The molecule has 0 aromatic rings. The zero-order valence-electron chi connectivity index (χ0n) is 5.17. The van der Waals surface area contributed by atoms with Crippen molar-refractivity contribution in [3.63, 3.8) is 0 Å². The largest absolute Gasteiger partial charge is 0.411 e. The first kappa shape index (κ1) is 7.47. The van der Waals surface area contributed by atoms with Crippen LogP contribution in [0.4, 0.5) is 0 Å². The normalized spacial score (nSPS) is 10.6. The summed E-state index contributed by atoms with van der Waals surface area (Å²) in [6.07, 6.45) is 6.62. The first-order chi connectivity index (χ1) is 3.91. The first-order valence-electron chi connectivity index (χ1n) is 2.89. The maximum Gasteiger partial charge on any atom is 0.0438 e. The predicted octanol–water partition coefficient (Wildman–Crippen LogP) is 1.84. The second kappa shape index (κ2) is 6.47. The maximum absolute atomic E-state index is 7.92. The maximum atomic E-state index is 7.92. The van der Waals surface area contributed by atoms with Crippen LogP contribution < -0.4 is 0 Å². The Kier molecular flexibility index (Phi) is 6.04. The van der Waals surface area contributed by atoms with Crippen LogP contribution in [0.25, 0.3) is 0 Å². The quantitative estimate of drug-likeness (QED) is 0.257. The molecule has 0 saturated carbocycles. The molecule has 0 unspecified atom stereocenters. The van der Waals surface area contributed by atoms with Gasteiger partial charge >= 0.3 is 0 Å². The molecule has 0 amide bonds. The lowest BCUT2D eigenvalue weighted by Crippen LogP contribution is -1.76. The van der Waals surface area contributed by atoms with E-state index in [-0.39, 0.29) is 0 Å². The summed E-state index contributed by atoms with van der Waals surface area (Å²) in [7, 11) is 0. The van der Waals surface area contributed by atoms with E-state index >= 15 is 0 Å². The van der Waals surface area contributed by atoms with Crippen LogP contribution in [0.2, 0.25) is 0 Å². The number of rotatable bonds is 4. The van der Waals surface area contributed by atoms with Crippen molar-refractivity contribution in [2.45, 2.75) is 26.2 Å². The summed E-state index contributed by atoms with van der Waals surface area (Å²) in [5.74, 6) is 0. The molecule has 2 heteroatoms. The fraction of sp³-hybridized carbons (Fsp3) is 0.667. The molecule has 1 radical (unpaired) electrons. The van der Waals surface area contributed by atoms with Gasteiger partial charge in [0.15, 0.2) is 0 Å². The average Bonchev–Trinajstić information content (AvgIpc) is 1.81. The number of nitrogens with zero attached hydrogens (tertiary/aromatic N) is 1. The van der Waals surface area contributed by atoms with Crippen molar-refractivity contribution >= 4 is 6.21 Å². The van der Waals surface area contributed by atoms with Gasteiger partial charge < -0.3 is 5.21 Å². The lowest BCUT2D eigenvalue weighted by atomic mass is 10.2. The molecule has 0 aromatic heterocycles. The zero-order chi connectivity index (χ0) is 6.24. The van der Waals surface area contributed by atoms with Crippen molar-refractivity contribution in [1.82, 2.24) is 0 Å². The molecule has 47 valence electrons. The summed E-state index contributed by atoms with van der Waals surface area (Å²) in [4.78, 5) is 0. The summed E-state index contributed by atoms with van der Waals surface area (Å²) in [6, 6.07) is 0. The fourth-order valence-electron chi connectivity index (χ4n) is 0.444. The van der Waals surface area contributed by atoms with E-state index in [1.165, 1.54) is 12.6 Å². The Morgan fingerprint density at radius 1 is 1.62 bits per heavy atom. The van der Waals surface area contributed by atoms with Crippen LogP contribution in [-0.2, 0) is 0 Å². The highest BCUT2D eigenvalue weighted by Gasteiger charge is 1.80. The molecule has 0 aliphatic carbocycles. The van der Waals surface area contributed by atoms with Gasteiger partial charge in [0, 0.05) is 6.21 Å². The summed E-state index contributed by atoms with van der Waals surface area (Å²) < 4.78 is 0. The molecule has 2 nitrogen and oxygen atoms in total. The van der Waals surface area contributed by atoms with E-state index in [9.17, 15) is 0 Å². The van der Waals surface area contributed by atoms with Gasteiger partial charge in [0.25, 0.3) is 0 Å². The van der Waals surface area contributed by atoms with Gasteiger partial charge in [0.05, 0.1) is 0 Å². The van der Waals surface area contributed by atoms with Gasteiger partial charge in [-0.15, -0.1) is 5.16 Å². The number of hydrogen-bond acceptors (Lipinski definition) is 2. The van der Waals surface area contributed by atoms with Crippen molar-refractivity contribution in [2.75, 3.05) is 0 Å². The third kappa shape index (κ3) is 5.47. The third-order valence-corrected chi connectivity index (χ3v) is 0.847. The van der Waals surface area contributed by atoms with Crippen molar-refractivity contribution in [2.24, 2.45) is 5.16 Å². The summed E-state index contributed by atoms with van der Waals surface area (Å²) >= 11 is 0. The molecule has 0 rings (SSSR count). The monoisotopic (exact) mass is 114 g/mol. The van der Waals surface area contributed by atoms with Gasteiger partial charge in [-0.1, -0.05) is 19.8 Å². The van der Waals surface area contributed by atoms with E-state index in [4.69, 9.17) is 5.21 Å². The second-order valence-corrected chi connectivity index (χ2v) is 1.61. The first-order valence-corrected chi connectivity index (χ1v) is 2.89. The molecule has 0 spiro atoms. The number of hydrogen-bond donors (Lipinski definition) is 1. The number of unbranched alkanes of at least 4 members (excludes halogenated alkanes) is 3. The fourth-order valence-corrected chi connectivity index (χ4v) is 0.444. The Hall–Kier alpha value is -0.530. The van der Waals surface area contributed by atoms with Crippen LogP contribution in [0.5, 0.6) is 0 Å². The molecule has 0 fully saturated rings. The average molecular weight is 114 g/mol. The molecule has 0 heterocycles. The van der Waals surface area contributed by atoms with Crippen LogP contribution in [0.1, 0.15) is 26.2 Å². The minimum absolute atomic E-state index is 0.782. The smallest absolute Gasteiger partial charge is 0.0438 e. The number of oxime groups is 1. The molecular weight excluding hydrogens is 102 g/mol. The standard InChI is InChI=1S/C6H12NO/c1-2-3-4-5-6-7-8/h4,6,8H,2-3,5H2,1H3/b7-6-.